The number of likely N-dealkylation sites (tertiary alicyclic amines) is 1. The van der Waals surface area contributed by atoms with E-state index in [1.165, 1.54) is 0 Å². The summed E-state index contributed by atoms with van der Waals surface area (Å²) in [6, 6.07) is 7.62. The molecule has 0 spiro atoms. The molecule has 2 aliphatic heterocycles. The summed E-state index contributed by atoms with van der Waals surface area (Å²) in [7, 11) is 3.63. The number of carbonyl (C=O) groups excluding carboxylic acids is 1. The second kappa shape index (κ2) is 6.99. The molecule has 0 N–H and O–H groups in total. The second-order valence-electron chi connectivity index (χ2n) is 8.81. The highest BCUT2D eigenvalue weighted by Gasteiger charge is 2.51. The molecule has 0 aromatic heterocycles. The lowest BCUT2D eigenvalue weighted by Gasteiger charge is -2.32. The molecule has 2 saturated heterocycles. The highest BCUT2D eigenvalue weighted by molar-refractivity contribution is 6.62. The topological polar surface area (TPSA) is 42.0 Å². The van der Waals surface area contributed by atoms with Crippen LogP contribution < -0.4 is 5.46 Å². The Hall–Kier alpha value is -1.37. The third-order valence-corrected chi connectivity index (χ3v) is 6.05. The van der Waals surface area contributed by atoms with Crippen molar-refractivity contribution in [3.05, 3.63) is 29.8 Å². The molecule has 6 heteroatoms. The van der Waals surface area contributed by atoms with E-state index >= 15 is 0 Å². The third-order valence-electron chi connectivity index (χ3n) is 6.05. The molecule has 2 heterocycles. The molecule has 3 rings (SSSR count). The van der Waals surface area contributed by atoms with Gasteiger partial charge in [0.05, 0.1) is 11.2 Å². The molecule has 2 aliphatic rings. The first-order chi connectivity index (χ1) is 12.1. The van der Waals surface area contributed by atoms with Crippen LogP contribution in [0.3, 0.4) is 0 Å². The molecule has 1 aromatic carbocycles. The largest absolute Gasteiger partial charge is 0.494 e. The Balaban J connectivity index is 1.63. The van der Waals surface area contributed by atoms with Crippen molar-refractivity contribution in [2.45, 2.75) is 45.3 Å². The van der Waals surface area contributed by atoms with Crippen LogP contribution in [-0.4, -0.2) is 67.8 Å². The molecule has 1 atom stereocenters. The number of carbonyl (C=O) groups is 1. The number of benzene rings is 1. The van der Waals surface area contributed by atoms with E-state index in [4.69, 9.17) is 9.31 Å². The number of hydrogen-bond acceptors (Lipinski definition) is 4. The minimum absolute atomic E-state index is 0.0695. The summed E-state index contributed by atoms with van der Waals surface area (Å²) in [5.41, 5.74) is 0.932. The summed E-state index contributed by atoms with van der Waals surface area (Å²) in [4.78, 5) is 16.9. The van der Waals surface area contributed by atoms with Gasteiger partial charge in [0.25, 0.3) is 5.91 Å². The predicted octanol–water partition coefficient (Wildman–Crippen LogP) is 2.01. The predicted molar refractivity (Wildman–Crippen MR) is 105 cm³/mol. The zero-order valence-corrected chi connectivity index (χ0v) is 16.9. The number of hydrogen-bond donors (Lipinski definition) is 0. The van der Waals surface area contributed by atoms with Crippen molar-refractivity contribution in [3.8, 4) is 0 Å². The van der Waals surface area contributed by atoms with E-state index in [0.29, 0.717) is 11.5 Å². The molecule has 1 amide bonds. The summed E-state index contributed by atoms with van der Waals surface area (Å²) >= 11 is 0. The van der Waals surface area contributed by atoms with Gasteiger partial charge < -0.3 is 19.1 Å². The van der Waals surface area contributed by atoms with Crippen LogP contribution in [0.1, 0.15) is 44.5 Å². The maximum atomic E-state index is 12.7. The Morgan fingerprint density at radius 2 is 1.77 bits per heavy atom. The Kier molecular flexibility index (Phi) is 5.21. The van der Waals surface area contributed by atoms with Gasteiger partial charge in [0.2, 0.25) is 0 Å². The van der Waals surface area contributed by atoms with Crippen LogP contribution in [0.15, 0.2) is 24.3 Å². The minimum Gasteiger partial charge on any atom is -0.399 e. The highest BCUT2D eigenvalue weighted by atomic mass is 16.7. The number of amides is 1. The lowest BCUT2D eigenvalue weighted by atomic mass is 9.79. The monoisotopic (exact) mass is 358 g/mol. The highest BCUT2D eigenvalue weighted by Crippen LogP contribution is 2.36. The van der Waals surface area contributed by atoms with Gasteiger partial charge in [0, 0.05) is 25.7 Å². The van der Waals surface area contributed by atoms with Crippen LogP contribution in [0.4, 0.5) is 0 Å². The third kappa shape index (κ3) is 3.82. The maximum Gasteiger partial charge on any atom is 0.494 e. The van der Waals surface area contributed by atoms with Gasteiger partial charge in [-0.05, 0) is 71.2 Å². The summed E-state index contributed by atoms with van der Waals surface area (Å²) in [5.74, 6) is 0.637. The van der Waals surface area contributed by atoms with Crippen molar-refractivity contribution < 1.29 is 14.1 Å². The lowest BCUT2D eigenvalue weighted by Crippen LogP contribution is -2.41. The van der Waals surface area contributed by atoms with Gasteiger partial charge in [-0.15, -0.1) is 0 Å². The molecule has 0 radical (unpaired) electrons. The molecule has 5 nitrogen and oxygen atoms in total. The molecular formula is C20H31BN2O3. The van der Waals surface area contributed by atoms with Crippen molar-refractivity contribution >= 4 is 18.5 Å². The van der Waals surface area contributed by atoms with E-state index in [1.807, 2.05) is 63.9 Å². The lowest BCUT2D eigenvalue weighted by molar-refractivity contribution is 0.00578. The smallest absolute Gasteiger partial charge is 0.399 e. The zero-order chi connectivity index (χ0) is 19.1. The second-order valence-corrected chi connectivity index (χ2v) is 8.81. The van der Waals surface area contributed by atoms with Crippen molar-refractivity contribution in [1.29, 1.82) is 0 Å². The summed E-state index contributed by atoms with van der Waals surface area (Å²) < 4.78 is 12.1. The summed E-state index contributed by atoms with van der Waals surface area (Å²) in [6.45, 7) is 11.2. The summed E-state index contributed by atoms with van der Waals surface area (Å²) in [6.07, 6.45) is 1.16. The fraction of sp³-hybridized carbons (Fsp3) is 0.650. The average Bonchev–Trinajstić information content (AvgIpc) is 3.06. The van der Waals surface area contributed by atoms with Crippen LogP contribution in [-0.2, 0) is 9.31 Å². The van der Waals surface area contributed by atoms with Crippen LogP contribution in [0, 0.1) is 5.92 Å². The van der Waals surface area contributed by atoms with Gasteiger partial charge in [-0.25, -0.2) is 0 Å². The van der Waals surface area contributed by atoms with Crippen molar-refractivity contribution in [2.75, 3.05) is 33.7 Å². The van der Waals surface area contributed by atoms with Gasteiger partial charge in [0.15, 0.2) is 0 Å². The Labute approximate surface area is 157 Å². The average molecular weight is 358 g/mol. The van der Waals surface area contributed by atoms with E-state index < -0.39 is 7.12 Å². The maximum absolute atomic E-state index is 12.7. The van der Waals surface area contributed by atoms with Crippen molar-refractivity contribution in [2.24, 2.45) is 5.92 Å². The minimum atomic E-state index is -0.393. The van der Waals surface area contributed by atoms with Crippen molar-refractivity contribution in [1.82, 2.24) is 9.80 Å². The quantitative estimate of drug-likeness (QED) is 0.773. The standard InChI is InChI=1S/C20H31BN2O3/c1-19(2)20(3,4)26-21(25-19)17-9-7-16(8-10-17)18(24)23(6)14-15-11-12-22(5)13-15/h7-10,15H,11-14H2,1-6H3. The van der Waals surface area contributed by atoms with Crippen LogP contribution in [0.5, 0.6) is 0 Å². The molecular weight excluding hydrogens is 327 g/mol. The molecule has 0 aliphatic carbocycles. The van der Waals surface area contributed by atoms with E-state index in [2.05, 4.69) is 11.9 Å². The molecule has 1 aromatic rings. The fourth-order valence-electron chi connectivity index (χ4n) is 3.63. The first-order valence-electron chi connectivity index (χ1n) is 9.49. The van der Waals surface area contributed by atoms with Gasteiger partial charge >= 0.3 is 7.12 Å². The van der Waals surface area contributed by atoms with E-state index in [9.17, 15) is 4.79 Å². The van der Waals surface area contributed by atoms with E-state index in [0.717, 1.165) is 31.5 Å². The van der Waals surface area contributed by atoms with Gasteiger partial charge in [-0.1, -0.05) is 12.1 Å². The molecule has 0 bridgehead atoms. The Morgan fingerprint density at radius 1 is 1.19 bits per heavy atom. The summed E-state index contributed by atoms with van der Waals surface area (Å²) in [5, 5.41) is 0. The van der Waals surface area contributed by atoms with Crippen LogP contribution in [0.2, 0.25) is 0 Å². The SMILES string of the molecule is CN1CCC(CN(C)C(=O)c2ccc(B3OC(C)(C)C(C)(C)O3)cc2)C1. The Morgan fingerprint density at radius 3 is 2.27 bits per heavy atom. The van der Waals surface area contributed by atoms with Gasteiger partial charge in [-0.3, -0.25) is 4.79 Å². The van der Waals surface area contributed by atoms with Crippen molar-refractivity contribution in [3.63, 3.8) is 0 Å². The van der Waals surface area contributed by atoms with E-state index in [1.54, 1.807) is 0 Å². The molecule has 0 saturated carbocycles. The van der Waals surface area contributed by atoms with Crippen LogP contribution >= 0.6 is 0 Å². The normalized spacial score (nSPS) is 24.8. The van der Waals surface area contributed by atoms with Gasteiger partial charge in [0.1, 0.15) is 0 Å². The van der Waals surface area contributed by atoms with Gasteiger partial charge in [-0.2, -0.15) is 0 Å². The van der Waals surface area contributed by atoms with Crippen LogP contribution in [0.25, 0.3) is 0 Å². The Bertz CT molecular complexity index is 644. The first-order valence-corrected chi connectivity index (χ1v) is 9.49. The first kappa shape index (κ1) is 19.4. The number of nitrogens with zero attached hydrogens (tertiary/aromatic N) is 2. The number of rotatable bonds is 4. The molecule has 1 unspecified atom stereocenters. The van der Waals surface area contributed by atoms with E-state index in [-0.39, 0.29) is 17.1 Å². The fourth-order valence-corrected chi connectivity index (χ4v) is 3.63. The molecule has 142 valence electrons. The molecule has 26 heavy (non-hydrogen) atoms. The zero-order valence-electron chi connectivity index (χ0n) is 16.9. The molecule has 2 fully saturated rings.